The summed E-state index contributed by atoms with van der Waals surface area (Å²) in [5.41, 5.74) is 0. The molecule has 18 heavy (non-hydrogen) atoms. The Bertz CT molecular complexity index is 318. The van der Waals surface area contributed by atoms with Crippen molar-refractivity contribution in [1.29, 1.82) is 0 Å². The van der Waals surface area contributed by atoms with Gasteiger partial charge in [-0.25, -0.2) is 0 Å². The summed E-state index contributed by atoms with van der Waals surface area (Å²) in [6.07, 6.45) is 1.81. The first-order chi connectivity index (χ1) is 8.76. The zero-order chi connectivity index (χ0) is 13.2. The molecule has 0 radical (unpaired) electrons. The molecule has 0 fully saturated rings. The molecule has 0 aliphatic rings. The molecule has 1 aromatic heterocycles. The van der Waals surface area contributed by atoms with Crippen molar-refractivity contribution in [1.82, 2.24) is 25.5 Å². The molecule has 1 atom stereocenters. The van der Waals surface area contributed by atoms with Crippen LogP contribution in [0.3, 0.4) is 0 Å². The van der Waals surface area contributed by atoms with Crippen LogP contribution in [0.2, 0.25) is 0 Å². The lowest BCUT2D eigenvalue weighted by atomic mass is 10.2. The van der Waals surface area contributed by atoms with Crippen molar-refractivity contribution in [2.75, 3.05) is 33.5 Å². The first-order valence-electron chi connectivity index (χ1n) is 6.29. The Hall–Kier alpha value is -1.05. The van der Waals surface area contributed by atoms with Crippen LogP contribution >= 0.6 is 0 Å². The summed E-state index contributed by atoms with van der Waals surface area (Å²) in [7, 11) is 3.43. The van der Waals surface area contributed by atoms with Crippen molar-refractivity contribution in [3.63, 3.8) is 0 Å². The number of aryl methyl sites for hydroxylation is 1. The van der Waals surface area contributed by atoms with Crippen LogP contribution in [-0.4, -0.2) is 59.7 Å². The second kappa shape index (κ2) is 8.96. The standard InChI is InChI=1S/C11H23N5O2/c1-4-5-12-10(9-18-7-6-17-3)8-11-13-15-16(2)14-11/h10,12H,4-9H2,1-3H3. The normalized spacial score (nSPS) is 12.8. The zero-order valence-electron chi connectivity index (χ0n) is 11.4. The first-order valence-corrected chi connectivity index (χ1v) is 6.29. The average molecular weight is 257 g/mol. The quantitative estimate of drug-likeness (QED) is 0.584. The van der Waals surface area contributed by atoms with Gasteiger partial charge < -0.3 is 14.8 Å². The Morgan fingerprint density at radius 2 is 2.22 bits per heavy atom. The van der Waals surface area contributed by atoms with E-state index in [4.69, 9.17) is 9.47 Å². The topological polar surface area (TPSA) is 74.1 Å². The molecule has 0 spiro atoms. The summed E-state index contributed by atoms with van der Waals surface area (Å²) in [5.74, 6) is 0.737. The van der Waals surface area contributed by atoms with E-state index in [1.165, 1.54) is 4.80 Å². The number of hydrogen-bond acceptors (Lipinski definition) is 6. The van der Waals surface area contributed by atoms with Crippen LogP contribution in [0.4, 0.5) is 0 Å². The number of rotatable bonds is 10. The monoisotopic (exact) mass is 257 g/mol. The second-order valence-corrected chi connectivity index (χ2v) is 4.12. The molecule has 0 aromatic carbocycles. The molecule has 7 heteroatoms. The van der Waals surface area contributed by atoms with Crippen molar-refractivity contribution in [3.05, 3.63) is 5.82 Å². The largest absolute Gasteiger partial charge is 0.382 e. The molecule has 0 aliphatic carbocycles. The smallest absolute Gasteiger partial charge is 0.176 e. The van der Waals surface area contributed by atoms with Gasteiger partial charge in [0.15, 0.2) is 5.82 Å². The van der Waals surface area contributed by atoms with Gasteiger partial charge in [-0.05, 0) is 18.2 Å². The highest BCUT2D eigenvalue weighted by atomic mass is 16.5. The zero-order valence-corrected chi connectivity index (χ0v) is 11.4. The molecular formula is C11H23N5O2. The Morgan fingerprint density at radius 3 is 2.83 bits per heavy atom. The van der Waals surface area contributed by atoms with Gasteiger partial charge in [0.1, 0.15) is 0 Å². The number of hydrogen-bond donors (Lipinski definition) is 1. The molecule has 0 amide bonds. The van der Waals surface area contributed by atoms with E-state index in [2.05, 4.69) is 27.7 Å². The minimum Gasteiger partial charge on any atom is -0.382 e. The van der Waals surface area contributed by atoms with Gasteiger partial charge in [-0.2, -0.15) is 4.80 Å². The molecule has 0 saturated heterocycles. The molecule has 1 unspecified atom stereocenters. The van der Waals surface area contributed by atoms with E-state index in [0.717, 1.165) is 25.2 Å². The SMILES string of the molecule is CCCNC(COCCOC)Cc1nnn(C)n1. The molecule has 7 nitrogen and oxygen atoms in total. The Morgan fingerprint density at radius 1 is 1.39 bits per heavy atom. The summed E-state index contributed by atoms with van der Waals surface area (Å²) in [5, 5.41) is 15.4. The number of nitrogens with one attached hydrogen (secondary N) is 1. The highest BCUT2D eigenvalue weighted by Gasteiger charge is 2.12. The summed E-state index contributed by atoms with van der Waals surface area (Å²) in [6.45, 7) is 4.94. The fourth-order valence-corrected chi connectivity index (χ4v) is 1.53. The third kappa shape index (κ3) is 6.04. The van der Waals surface area contributed by atoms with Crippen LogP contribution < -0.4 is 5.32 Å². The maximum Gasteiger partial charge on any atom is 0.176 e. The van der Waals surface area contributed by atoms with Gasteiger partial charge in [0.2, 0.25) is 0 Å². The van der Waals surface area contributed by atoms with Crippen LogP contribution in [0.5, 0.6) is 0 Å². The molecule has 0 bridgehead atoms. The first kappa shape index (κ1) is 15.0. The predicted octanol–water partition coefficient (Wildman–Crippen LogP) is -0.216. The van der Waals surface area contributed by atoms with Crippen LogP contribution in [0.1, 0.15) is 19.2 Å². The molecule has 1 N–H and O–H groups in total. The molecule has 0 saturated carbocycles. The lowest BCUT2D eigenvalue weighted by Gasteiger charge is -2.16. The van der Waals surface area contributed by atoms with Crippen molar-refractivity contribution in [2.45, 2.75) is 25.8 Å². The predicted molar refractivity (Wildman–Crippen MR) is 67.3 cm³/mol. The van der Waals surface area contributed by atoms with E-state index in [1.807, 2.05) is 0 Å². The summed E-state index contributed by atoms with van der Waals surface area (Å²) >= 11 is 0. The maximum atomic E-state index is 5.54. The molecule has 1 rings (SSSR count). The van der Waals surface area contributed by atoms with E-state index < -0.39 is 0 Å². The van der Waals surface area contributed by atoms with E-state index in [9.17, 15) is 0 Å². The molecular weight excluding hydrogens is 234 g/mol. The molecule has 104 valence electrons. The minimum atomic E-state index is 0.214. The highest BCUT2D eigenvalue weighted by Crippen LogP contribution is 1.97. The lowest BCUT2D eigenvalue weighted by molar-refractivity contribution is 0.0584. The average Bonchev–Trinajstić information content (AvgIpc) is 2.77. The molecule has 0 aliphatic heterocycles. The minimum absolute atomic E-state index is 0.214. The van der Waals surface area contributed by atoms with Gasteiger partial charge in [-0.3, -0.25) is 0 Å². The maximum absolute atomic E-state index is 5.54. The van der Waals surface area contributed by atoms with Crippen molar-refractivity contribution < 1.29 is 9.47 Å². The number of ether oxygens (including phenoxy) is 2. The van der Waals surface area contributed by atoms with Gasteiger partial charge >= 0.3 is 0 Å². The molecule has 1 aromatic rings. The summed E-state index contributed by atoms with van der Waals surface area (Å²) in [6, 6.07) is 0.214. The van der Waals surface area contributed by atoms with Crippen LogP contribution in [0, 0.1) is 0 Å². The third-order valence-electron chi connectivity index (χ3n) is 2.41. The van der Waals surface area contributed by atoms with Crippen LogP contribution in [0.15, 0.2) is 0 Å². The highest BCUT2D eigenvalue weighted by molar-refractivity contribution is 4.84. The number of aromatic nitrogens is 4. The van der Waals surface area contributed by atoms with Gasteiger partial charge in [0, 0.05) is 19.6 Å². The van der Waals surface area contributed by atoms with Crippen LogP contribution in [0.25, 0.3) is 0 Å². The summed E-state index contributed by atoms with van der Waals surface area (Å²) in [4.78, 5) is 1.47. The Labute approximate surface area is 108 Å². The van der Waals surface area contributed by atoms with Gasteiger partial charge in [0.05, 0.1) is 26.9 Å². The van der Waals surface area contributed by atoms with Crippen LogP contribution in [-0.2, 0) is 22.9 Å². The fourth-order valence-electron chi connectivity index (χ4n) is 1.53. The Kier molecular flexibility index (Phi) is 7.47. The number of nitrogens with zero attached hydrogens (tertiary/aromatic N) is 4. The lowest BCUT2D eigenvalue weighted by Crippen LogP contribution is -2.36. The van der Waals surface area contributed by atoms with Gasteiger partial charge in [-0.15, -0.1) is 10.2 Å². The summed E-state index contributed by atoms with van der Waals surface area (Å²) < 4.78 is 10.5. The van der Waals surface area contributed by atoms with E-state index in [-0.39, 0.29) is 6.04 Å². The molecule has 1 heterocycles. The van der Waals surface area contributed by atoms with E-state index in [0.29, 0.717) is 19.8 Å². The van der Waals surface area contributed by atoms with Crippen molar-refractivity contribution in [3.8, 4) is 0 Å². The van der Waals surface area contributed by atoms with Gasteiger partial charge in [-0.1, -0.05) is 6.92 Å². The van der Waals surface area contributed by atoms with E-state index in [1.54, 1.807) is 14.2 Å². The van der Waals surface area contributed by atoms with Crippen molar-refractivity contribution >= 4 is 0 Å². The fraction of sp³-hybridized carbons (Fsp3) is 0.909. The van der Waals surface area contributed by atoms with E-state index >= 15 is 0 Å². The van der Waals surface area contributed by atoms with Gasteiger partial charge in [0.25, 0.3) is 0 Å². The third-order valence-corrected chi connectivity index (χ3v) is 2.41. The second-order valence-electron chi connectivity index (χ2n) is 4.12. The number of tetrazole rings is 1. The van der Waals surface area contributed by atoms with Crippen molar-refractivity contribution in [2.24, 2.45) is 7.05 Å². The number of methoxy groups -OCH3 is 1. The Balaban J connectivity index is 2.34.